The van der Waals surface area contributed by atoms with Crippen molar-refractivity contribution >= 4 is 12.0 Å². The number of carboxylic acid groups (broad SMARTS) is 1. The summed E-state index contributed by atoms with van der Waals surface area (Å²) in [7, 11) is 0. The second-order valence-electron chi connectivity index (χ2n) is 5.69. The van der Waals surface area contributed by atoms with Crippen LogP contribution in [0.1, 0.15) is 47.0 Å². The van der Waals surface area contributed by atoms with Crippen LogP contribution in [-0.2, 0) is 9.53 Å². The monoisotopic (exact) mass is 302 g/mol. The molecular weight excluding hydrogens is 272 g/mol. The highest BCUT2D eigenvalue weighted by atomic mass is 16.5. The molecule has 0 spiro atoms. The number of urea groups is 1. The largest absolute Gasteiger partial charge is 0.481 e. The predicted octanol–water partition coefficient (Wildman–Crippen LogP) is 2.24. The maximum Gasteiger partial charge on any atom is 0.315 e. The standard InChI is InChI=1S/C15H30N2O4/c1-5-21-10-12(4)17-15(20)16-9-8-13(11(2)3)6-7-14(18)19/h11-13H,5-10H2,1-4H3,(H,18,19)(H2,16,17,20). The Morgan fingerprint density at radius 3 is 2.38 bits per heavy atom. The molecule has 0 bridgehead atoms. The lowest BCUT2D eigenvalue weighted by Crippen LogP contribution is -2.43. The van der Waals surface area contributed by atoms with Gasteiger partial charge in [-0.3, -0.25) is 4.79 Å². The van der Waals surface area contributed by atoms with Gasteiger partial charge in [0.1, 0.15) is 0 Å². The minimum Gasteiger partial charge on any atom is -0.481 e. The van der Waals surface area contributed by atoms with Crippen molar-refractivity contribution in [3.63, 3.8) is 0 Å². The number of rotatable bonds is 11. The van der Waals surface area contributed by atoms with Gasteiger partial charge in [0.25, 0.3) is 0 Å². The number of carboxylic acids is 1. The van der Waals surface area contributed by atoms with E-state index in [1.807, 2.05) is 13.8 Å². The summed E-state index contributed by atoms with van der Waals surface area (Å²) in [6.07, 6.45) is 1.62. The molecule has 21 heavy (non-hydrogen) atoms. The molecule has 0 aromatic heterocycles. The average Bonchev–Trinajstić information content (AvgIpc) is 2.39. The third-order valence-corrected chi connectivity index (χ3v) is 3.42. The fraction of sp³-hybridized carbons (Fsp3) is 0.867. The molecule has 124 valence electrons. The molecule has 0 rings (SSSR count). The molecule has 0 saturated carbocycles. The molecule has 0 aromatic rings. The van der Waals surface area contributed by atoms with E-state index in [1.54, 1.807) is 0 Å². The van der Waals surface area contributed by atoms with E-state index in [0.717, 1.165) is 6.42 Å². The Morgan fingerprint density at radius 1 is 1.19 bits per heavy atom. The van der Waals surface area contributed by atoms with Gasteiger partial charge in [-0.1, -0.05) is 13.8 Å². The van der Waals surface area contributed by atoms with Crippen molar-refractivity contribution in [3.05, 3.63) is 0 Å². The summed E-state index contributed by atoms with van der Waals surface area (Å²) in [5, 5.41) is 14.3. The van der Waals surface area contributed by atoms with Crippen LogP contribution in [0.2, 0.25) is 0 Å². The predicted molar refractivity (Wildman–Crippen MR) is 82.3 cm³/mol. The fourth-order valence-corrected chi connectivity index (χ4v) is 2.10. The number of carbonyl (C=O) groups excluding carboxylic acids is 1. The first-order valence-corrected chi connectivity index (χ1v) is 7.70. The number of ether oxygens (including phenoxy) is 1. The van der Waals surface area contributed by atoms with Crippen LogP contribution in [0.15, 0.2) is 0 Å². The quantitative estimate of drug-likeness (QED) is 0.546. The van der Waals surface area contributed by atoms with Gasteiger partial charge in [-0.15, -0.1) is 0 Å². The third kappa shape index (κ3) is 11.1. The number of hydrogen-bond donors (Lipinski definition) is 3. The summed E-state index contributed by atoms with van der Waals surface area (Å²) in [4.78, 5) is 22.3. The van der Waals surface area contributed by atoms with Crippen molar-refractivity contribution in [2.24, 2.45) is 11.8 Å². The molecule has 2 amide bonds. The Bertz CT molecular complexity index is 308. The second-order valence-corrected chi connectivity index (χ2v) is 5.69. The molecule has 6 heteroatoms. The summed E-state index contributed by atoms with van der Waals surface area (Å²) < 4.78 is 5.23. The molecule has 0 aliphatic rings. The number of amides is 2. The van der Waals surface area contributed by atoms with E-state index in [9.17, 15) is 9.59 Å². The lowest BCUT2D eigenvalue weighted by molar-refractivity contribution is -0.137. The van der Waals surface area contributed by atoms with Gasteiger partial charge in [-0.05, 0) is 38.5 Å². The van der Waals surface area contributed by atoms with Crippen molar-refractivity contribution in [3.8, 4) is 0 Å². The van der Waals surface area contributed by atoms with Gasteiger partial charge in [0.15, 0.2) is 0 Å². The fourth-order valence-electron chi connectivity index (χ4n) is 2.10. The first-order chi connectivity index (χ1) is 9.86. The van der Waals surface area contributed by atoms with E-state index in [0.29, 0.717) is 38.0 Å². The number of nitrogens with one attached hydrogen (secondary N) is 2. The third-order valence-electron chi connectivity index (χ3n) is 3.42. The van der Waals surface area contributed by atoms with Gasteiger partial charge in [0, 0.05) is 19.6 Å². The van der Waals surface area contributed by atoms with Gasteiger partial charge < -0.3 is 20.5 Å². The molecule has 2 unspecified atom stereocenters. The van der Waals surface area contributed by atoms with E-state index in [1.165, 1.54) is 0 Å². The van der Waals surface area contributed by atoms with Gasteiger partial charge in [0.05, 0.1) is 12.6 Å². The second kappa shape index (κ2) is 11.4. The molecule has 6 nitrogen and oxygen atoms in total. The summed E-state index contributed by atoms with van der Waals surface area (Å²) in [5.41, 5.74) is 0. The minimum absolute atomic E-state index is 0.0298. The zero-order chi connectivity index (χ0) is 16.3. The van der Waals surface area contributed by atoms with E-state index in [-0.39, 0.29) is 18.5 Å². The number of carbonyl (C=O) groups is 2. The van der Waals surface area contributed by atoms with Crippen molar-refractivity contribution < 1.29 is 19.4 Å². The molecular formula is C15H30N2O4. The lowest BCUT2D eigenvalue weighted by atomic mass is 9.88. The summed E-state index contributed by atoms with van der Waals surface area (Å²) >= 11 is 0. The topological polar surface area (TPSA) is 87.7 Å². The van der Waals surface area contributed by atoms with Gasteiger partial charge in [-0.25, -0.2) is 4.79 Å². The first-order valence-electron chi connectivity index (χ1n) is 7.70. The van der Waals surface area contributed by atoms with Crippen LogP contribution in [0.4, 0.5) is 4.79 Å². The molecule has 0 aromatic carbocycles. The van der Waals surface area contributed by atoms with Crippen molar-refractivity contribution in [2.45, 2.75) is 53.0 Å². The molecule has 2 atom stereocenters. The zero-order valence-corrected chi connectivity index (χ0v) is 13.6. The molecule has 0 radical (unpaired) electrons. The average molecular weight is 302 g/mol. The highest BCUT2D eigenvalue weighted by molar-refractivity contribution is 5.74. The van der Waals surface area contributed by atoms with Crippen LogP contribution in [0, 0.1) is 11.8 Å². The molecule has 3 N–H and O–H groups in total. The highest BCUT2D eigenvalue weighted by Gasteiger charge is 2.15. The highest BCUT2D eigenvalue weighted by Crippen LogP contribution is 2.20. The maximum atomic E-state index is 11.7. The van der Waals surface area contributed by atoms with Gasteiger partial charge in [0.2, 0.25) is 0 Å². The molecule has 0 aliphatic heterocycles. The molecule has 0 saturated heterocycles. The minimum atomic E-state index is -0.767. The summed E-state index contributed by atoms with van der Waals surface area (Å²) in [5.74, 6) is -0.0514. The van der Waals surface area contributed by atoms with E-state index < -0.39 is 5.97 Å². The van der Waals surface area contributed by atoms with Crippen LogP contribution in [0.25, 0.3) is 0 Å². The Kier molecular flexibility index (Phi) is 10.7. The van der Waals surface area contributed by atoms with Gasteiger partial charge >= 0.3 is 12.0 Å². The normalized spacial score (nSPS) is 13.8. The molecule has 0 heterocycles. The Labute approximate surface area is 127 Å². The SMILES string of the molecule is CCOCC(C)NC(=O)NCCC(CCC(=O)O)C(C)C. The van der Waals surface area contributed by atoms with Crippen molar-refractivity contribution in [2.75, 3.05) is 19.8 Å². The number of hydrogen-bond acceptors (Lipinski definition) is 3. The van der Waals surface area contributed by atoms with Crippen LogP contribution in [0.5, 0.6) is 0 Å². The van der Waals surface area contributed by atoms with Crippen LogP contribution >= 0.6 is 0 Å². The first kappa shape index (κ1) is 19.7. The van der Waals surface area contributed by atoms with E-state index in [2.05, 4.69) is 24.5 Å². The molecule has 0 aliphatic carbocycles. The van der Waals surface area contributed by atoms with Crippen molar-refractivity contribution in [1.82, 2.24) is 10.6 Å². The maximum absolute atomic E-state index is 11.7. The summed E-state index contributed by atoms with van der Waals surface area (Å²) in [6, 6.07) is -0.235. The Balaban J connectivity index is 3.91. The molecule has 0 fully saturated rings. The lowest BCUT2D eigenvalue weighted by Gasteiger charge is -2.21. The van der Waals surface area contributed by atoms with Crippen molar-refractivity contribution in [1.29, 1.82) is 0 Å². The van der Waals surface area contributed by atoms with Crippen LogP contribution in [-0.4, -0.2) is 42.9 Å². The Morgan fingerprint density at radius 2 is 1.86 bits per heavy atom. The summed E-state index contributed by atoms with van der Waals surface area (Å²) in [6.45, 7) is 9.64. The smallest absolute Gasteiger partial charge is 0.315 e. The van der Waals surface area contributed by atoms with Gasteiger partial charge in [-0.2, -0.15) is 0 Å². The van der Waals surface area contributed by atoms with Crippen LogP contribution < -0.4 is 10.6 Å². The van der Waals surface area contributed by atoms with E-state index >= 15 is 0 Å². The van der Waals surface area contributed by atoms with E-state index in [4.69, 9.17) is 9.84 Å². The number of aliphatic carboxylic acids is 1. The zero-order valence-electron chi connectivity index (χ0n) is 13.6. The van der Waals surface area contributed by atoms with Crippen LogP contribution in [0.3, 0.4) is 0 Å². The Hall–Kier alpha value is -1.30.